The molecular formula is C12H23NO2. The highest BCUT2D eigenvalue weighted by molar-refractivity contribution is 5.75. The summed E-state index contributed by atoms with van der Waals surface area (Å²) >= 11 is 0. The fourth-order valence-electron chi connectivity index (χ4n) is 2.07. The number of rotatable bonds is 7. The minimum atomic E-state index is -0.0342. The number of likely N-dealkylation sites (N-methyl/N-ethyl adjacent to an activating group) is 1. The van der Waals surface area contributed by atoms with E-state index in [0.717, 1.165) is 19.4 Å². The largest absolute Gasteiger partial charge is 0.465 e. The van der Waals surface area contributed by atoms with Crippen LogP contribution in [0.2, 0.25) is 0 Å². The van der Waals surface area contributed by atoms with Crippen molar-refractivity contribution in [1.82, 2.24) is 4.90 Å². The van der Waals surface area contributed by atoms with Crippen LogP contribution >= 0.6 is 0 Å². The van der Waals surface area contributed by atoms with E-state index in [2.05, 4.69) is 18.7 Å². The average Bonchev–Trinajstić information content (AvgIpc) is 3.02. The van der Waals surface area contributed by atoms with Crippen molar-refractivity contribution in [3.05, 3.63) is 0 Å². The van der Waals surface area contributed by atoms with Crippen molar-refractivity contribution >= 4 is 5.97 Å². The molecule has 0 aromatic rings. The van der Waals surface area contributed by atoms with Crippen LogP contribution in [-0.4, -0.2) is 36.1 Å². The molecular weight excluding hydrogens is 190 g/mol. The van der Waals surface area contributed by atoms with Crippen LogP contribution in [0.5, 0.6) is 0 Å². The molecule has 0 amide bonds. The van der Waals surface area contributed by atoms with E-state index >= 15 is 0 Å². The molecule has 0 saturated heterocycles. The molecule has 1 saturated carbocycles. The molecule has 0 radical (unpaired) electrons. The molecule has 1 atom stereocenters. The number of carbonyl (C=O) groups excluding carboxylic acids is 1. The Labute approximate surface area is 92.8 Å². The van der Waals surface area contributed by atoms with E-state index < -0.39 is 0 Å². The summed E-state index contributed by atoms with van der Waals surface area (Å²) in [5.74, 6) is -0.0342. The van der Waals surface area contributed by atoms with Gasteiger partial charge in [0.15, 0.2) is 0 Å². The zero-order valence-corrected chi connectivity index (χ0v) is 10.2. The van der Waals surface area contributed by atoms with Gasteiger partial charge in [0, 0.05) is 6.04 Å². The van der Waals surface area contributed by atoms with Crippen LogP contribution in [0.3, 0.4) is 0 Å². The second-order valence-corrected chi connectivity index (χ2v) is 4.12. The zero-order valence-electron chi connectivity index (χ0n) is 10.2. The SMILES string of the molecule is CCCC(C(=O)OCC)N(CC)C1CC1. The lowest BCUT2D eigenvalue weighted by Crippen LogP contribution is -2.43. The molecule has 1 aliphatic rings. The van der Waals surface area contributed by atoms with Crippen molar-refractivity contribution in [2.24, 2.45) is 0 Å². The van der Waals surface area contributed by atoms with Crippen molar-refractivity contribution in [3.63, 3.8) is 0 Å². The quantitative estimate of drug-likeness (QED) is 0.607. The van der Waals surface area contributed by atoms with Crippen molar-refractivity contribution in [2.75, 3.05) is 13.2 Å². The summed E-state index contributed by atoms with van der Waals surface area (Å²) in [7, 11) is 0. The van der Waals surface area contributed by atoms with Gasteiger partial charge >= 0.3 is 5.97 Å². The second kappa shape index (κ2) is 6.11. The highest BCUT2D eigenvalue weighted by Gasteiger charge is 2.36. The number of hydrogen-bond acceptors (Lipinski definition) is 3. The van der Waals surface area contributed by atoms with E-state index in [1.807, 2.05) is 6.92 Å². The summed E-state index contributed by atoms with van der Waals surface area (Å²) in [5, 5.41) is 0. The van der Waals surface area contributed by atoms with Gasteiger partial charge in [-0.25, -0.2) is 0 Å². The molecule has 1 unspecified atom stereocenters. The van der Waals surface area contributed by atoms with Gasteiger partial charge in [0.05, 0.1) is 6.61 Å². The first-order valence-electron chi connectivity index (χ1n) is 6.16. The molecule has 0 aliphatic heterocycles. The maximum absolute atomic E-state index is 11.8. The van der Waals surface area contributed by atoms with Gasteiger partial charge < -0.3 is 4.74 Å². The van der Waals surface area contributed by atoms with E-state index in [-0.39, 0.29) is 12.0 Å². The van der Waals surface area contributed by atoms with Gasteiger partial charge in [-0.05, 0) is 32.7 Å². The lowest BCUT2D eigenvalue weighted by atomic mass is 10.1. The molecule has 1 rings (SSSR count). The van der Waals surface area contributed by atoms with Crippen LogP contribution in [0.15, 0.2) is 0 Å². The molecule has 1 aliphatic carbocycles. The molecule has 88 valence electrons. The summed E-state index contributed by atoms with van der Waals surface area (Å²) in [6, 6.07) is 0.628. The Bertz CT molecular complexity index is 202. The van der Waals surface area contributed by atoms with E-state index in [1.54, 1.807) is 0 Å². The minimum Gasteiger partial charge on any atom is -0.465 e. The molecule has 0 N–H and O–H groups in total. The van der Waals surface area contributed by atoms with Gasteiger partial charge in [0.1, 0.15) is 6.04 Å². The smallest absolute Gasteiger partial charge is 0.323 e. The molecule has 3 nitrogen and oxygen atoms in total. The molecule has 1 fully saturated rings. The molecule has 15 heavy (non-hydrogen) atoms. The topological polar surface area (TPSA) is 29.5 Å². The van der Waals surface area contributed by atoms with E-state index in [1.165, 1.54) is 12.8 Å². The van der Waals surface area contributed by atoms with Crippen LogP contribution in [0.1, 0.15) is 46.5 Å². The molecule has 3 heteroatoms. The monoisotopic (exact) mass is 213 g/mol. The Morgan fingerprint density at radius 2 is 2.07 bits per heavy atom. The third kappa shape index (κ3) is 3.49. The van der Waals surface area contributed by atoms with Crippen molar-refractivity contribution in [3.8, 4) is 0 Å². The Hall–Kier alpha value is -0.570. The van der Waals surface area contributed by atoms with Crippen molar-refractivity contribution < 1.29 is 9.53 Å². The Kier molecular flexibility index (Phi) is 5.09. The van der Waals surface area contributed by atoms with Crippen molar-refractivity contribution in [2.45, 2.75) is 58.5 Å². The third-order valence-electron chi connectivity index (χ3n) is 2.90. The van der Waals surface area contributed by atoms with Gasteiger partial charge in [-0.3, -0.25) is 9.69 Å². The predicted octanol–water partition coefficient (Wildman–Crippen LogP) is 2.20. The first-order valence-corrected chi connectivity index (χ1v) is 6.16. The second-order valence-electron chi connectivity index (χ2n) is 4.12. The van der Waals surface area contributed by atoms with Gasteiger partial charge in [-0.2, -0.15) is 0 Å². The first-order chi connectivity index (χ1) is 7.24. The normalized spacial score (nSPS) is 17.9. The van der Waals surface area contributed by atoms with Gasteiger partial charge in [-0.15, -0.1) is 0 Å². The van der Waals surface area contributed by atoms with Gasteiger partial charge in [-0.1, -0.05) is 20.3 Å². The van der Waals surface area contributed by atoms with E-state index in [0.29, 0.717) is 12.6 Å². The number of hydrogen-bond donors (Lipinski definition) is 0. The summed E-state index contributed by atoms with van der Waals surface area (Å²) in [6.45, 7) is 7.55. The Balaban J connectivity index is 2.56. The number of esters is 1. The lowest BCUT2D eigenvalue weighted by molar-refractivity contribution is -0.150. The molecule has 0 heterocycles. The van der Waals surface area contributed by atoms with Crippen molar-refractivity contribution in [1.29, 1.82) is 0 Å². The van der Waals surface area contributed by atoms with Crippen LogP contribution < -0.4 is 0 Å². The number of ether oxygens (including phenoxy) is 1. The van der Waals surface area contributed by atoms with E-state index in [4.69, 9.17) is 4.74 Å². The maximum atomic E-state index is 11.8. The summed E-state index contributed by atoms with van der Waals surface area (Å²) in [6.07, 6.45) is 4.44. The van der Waals surface area contributed by atoms with Crippen LogP contribution in [0.25, 0.3) is 0 Å². The van der Waals surface area contributed by atoms with Crippen LogP contribution in [0.4, 0.5) is 0 Å². The van der Waals surface area contributed by atoms with Gasteiger partial charge in [0.2, 0.25) is 0 Å². The highest BCUT2D eigenvalue weighted by Crippen LogP contribution is 2.29. The molecule has 0 aromatic heterocycles. The number of nitrogens with zero attached hydrogens (tertiary/aromatic N) is 1. The van der Waals surface area contributed by atoms with Gasteiger partial charge in [0.25, 0.3) is 0 Å². The zero-order chi connectivity index (χ0) is 11.3. The summed E-state index contributed by atoms with van der Waals surface area (Å²) in [4.78, 5) is 14.1. The lowest BCUT2D eigenvalue weighted by Gasteiger charge is -2.28. The Morgan fingerprint density at radius 1 is 1.40 bits per heavy atom. The fraction of sp³-hybridized carbons (Fsp3) is 0.917. The Morgan fingerprint density at radius 3 is 2.47 bits per heavy atom. The minimum absolute atomic E-state index is 0.00699. The molecule has 0 aromatic carbocycles. The predicted molar refractivity (Wildman–Crippen MR) is 60.7 cm³/mol. The fourth-order valence-corrected chi connectivity index (χ4v) is 2.07. The van der Waals surface area contributed by atoms with E-state index in [9.17, 15) is 4.79 Å². The summed E-state index contributed by atoms with van der Waals surface area (Å²) < 4.78 is 5.14. The molecule has 0 bridgehead atoms. The first kappa shape index (κ1) is 12.5. The van der Waals surface area contributed by atoms with Crippen LogP contribution in [-0.2, 0) is 9.53 Å². The molecule has 0 spiro atoms. The van der Waals surface area contributed by atoms with Crippen LogP contribution in [0, 0.1) is 0 Å². The summed E-state index contributed by atoms with van der Waals surface area (Å²) in [5.41, 5.74) is 0. The number of carbonyl (C=O) groups is 1. The average molecular weight is 213 g/mol. The highest BCUT2D eigenvalue weighted by atomic mass is 16.5. The third-order valence-corrected chi connectivity index (χ3v) is 2.90. The standard InChI is InChI=1S/C12H23NO2/c1-4-7-11(12(14)15-6-3)13(5-2)10-8-9-10/h10-11H,4-9H2,1-3H3. The maximum Gasteiger partial charge on any atom is 0.323 e.